The molecule has 0 spiro atoms. The fourth-order valence-electron chi connectivity index (χ4n) is 3.90. The Morgan fingerprint density at radius 3 is 2.35 bits per heavy atom. The van der Waals surface area contributed by atoms with Crippen LogP contribution < -0.4 is 5.32 Å². The van der Waals surface area contributed by atoms with E-state index in [1.54, 1.807) is 0 Å². The zero-order chi connectivity index (χ0) is 25.3. The lowest BCUT2D eigenvalue weighted by Crippen LogP contribution is -2.23. The fourth-order valence-corrected chi connectivity index (χ4v) is 3.90. The van der Waals surface area contributed by atoms with Gasteiger partial charge in [-0.2, -0.15) is 0 Å². The Kier molecular flexibility index (Phi) is 10.7. The molecule has 1 aliphatic rings. The quantitative estimate of drug-likeness (QED) is 0.392. The van der Waals surface area contributed by atoms with E-state index in [0.29, 0.717) is 17.7 Å². The van der Waals surface area contributed by atoms with Crippen LogP contribution in [0.1, 0.15) is 86.1 Å². The average molecular weight is 468 g/mol. The number of rotatable bonds is 4. The van der Waals surface area contributed by atoms with E-state index in [9.17, 15) is 4.39 Å². The first-order valence-corrected chi connectivity index (χ1v) is 12.7. The third-order valence-electron chi connectivity index (χ3n) is 5.26. The average Bonchev–Trinajstić information content (AvgIpc) is 3.21. The molecule has 0 saturated heterocycles. The Hall–Kier alpha value is -2.76. The normalized spacial score (nSPS) is 13.6. The summed E-state index contributed by atoms with van der Waals surface area (Å²) in [6.07, 6.45) is 9.88. The Morgan fingerprint density at radius 1 is 1.12 bits per heavy atom. The van der Waals surface area contributed by atoms with Gasteiger partial charge < -0.3 is 5.32 Å². The molecule has 1 aliphatic carbocycles. The van der Waals surface area contributed by atoms with Crippen molar-refractivity contribution in [2.75, 3.05) is 5.32 Å². The molecule has 0 amide bonds. The lowest BCUT2D eigenvalue weighted by molar-refractivity contribution is 0.460. The third-order valence-corrected chi connectivity index (χ3v) is 5.26. The molecule has 1 saturated carbocycles. The van der Waals surface area contributed by atoms with Crippen LogP contribution in [0.3, 0.4) is 0 Å². The zero-order valence-corrected chi connectivity index (χ0v) is 22.2. The highest BCUT2D eigenvalue weighted by molar-refractivity contribution is 5.85. The third kappa shape index (κ3) is 7.64. The minimum Gasteiger partial charge on any atom is -0.350 e. The molecule has 186 valence electrons. The second kappa shape index (κ2) is 13.2. The number of hydrogen-bond donors (Lipinski definition) is 1. The van der Waals surface area contributed by atoms with Crippen molar-refractivity contribution in [1.82, 2.24) is 14.6 Å². The summed E-state index contributed by atoms with van der Waals surface area (Å²) >= 11 is 0. The SMILES string of the molecule is CC.CC(C)=Nc1c(C)cc(-c2ccn3nc(NC4CCCCC4)ncc23)cc1F.CC(C)C. The number of nitrogens with zero attached hydrogens (tertiary/aromatic N) is 4. The van der Waals surface area contributed by atoms with Crippen molar-refractivity contribution in [3.8, 4) is 11.1 Å². The summed E-state index contributed by atoms with van der Waals surface area (Å²) in [6.45, 7) is 16.1. The summed E-state index contributed by atoms with van der Waals surface area (Å²) in [6, 6.07) is 5.91. The van der Waals surface area contributed by atoms with Gasteiger partial charge in [0.2, 0.25) is 5.95 Å². The van der Waals surface area contributed by atoms with E-state index in [-0.39, 0.29) is 5.82 Å². The van der Waals surface area contributed by atoms with Crippen LogP contribution in [-0.4, -0.2) is 26.4 Å². The number of halogens is 1. The molecule has 6 heteroatoms. The Balaban J connectivity index is 0.000000618. The van der Waals surface area contributed by atoms with Crippen molar-refractivity contribution < 1.29 is 4.39 Å². The van der Waals surface area contributed by atoms with Gasteiger partial charge in [0, 0.05) is 23.5 Å². The van der Waals surface area contributed by atoms with E-state index < -0.39 is 0 Å². The van der Waals surface area contributed by atoms with Gasteiger partial charge in [0.05, 0.1) is 11.7 Å². The lowest BCUT2D eigenvalue weighted by atomic mass is 9.96. The van der Waals surface area contributed by atoms with Gasteiger partial charge >= 0.3 is 0 Å². The van der Waals surface area contributed by atoms with E-state index in [2.05, 4.69) is 41.2 Å². The highest BCUT2D eigenvalue weighted by Crippen LogP contribution is 2.32. The smallest absolute Gasteiger partial charge is 0.241 e. The molecule has 1 N–H and O–H groups in total. The van der Waals surface area contributed by atoms with Gasteiger partial charge in [0.15, 0.2) is 0 Å². The number of nitrogens with one attached hydrogen (secondary N) is 1. The molecule has 0 aliphatic heterocycles. The largest absolute Gasteiger partial charge is 0.350 e. The van der Waals surface area contributed by atoms with Crippen molar-refractivity contribution in [2.45, 2.75) is 93.5 Å². The van der Waals surface area contributed by atoms with E-state index in [0.717, 1.165) is 33.8 Å². The Bertz CT molecular complexity index is 1050. The highest BCUT2D eigenvalue weighted by atomic mass is 19.1. The Labute approximate surface area is 204 Å². The van der Waals surface area contributed by atoms with E-state index in [1.165, 1.54) is 38.2 Å². The first-order chi connectivity index (χ1) is 16.2. The van der Waals surface area contributed by atoms with Crippen LogP contribution in [0, 0.1) is 18.7 Å². The number of fused-ring (bicyclic) bond motifs is 1. The van der Waals surface area contributed by atoms with E-state index in [4.69, 9.17) is 0 Å². The van der Waals surface area contributed by atoms with Crippen LogP contribution in [0.25, 0.3) is 16.6 Å². The molecule has 1 aromatic carbocycles. The van der Waals surface area contributed by atoms with Crippen LogP contribution >= 0.6 is 0 Å². The summed E-state index contributed by atoms with van der Waals surface area (Å²) in [4.78, 5) is 8.82. The second-order valence-electron chi connectivity index (χ2n) is 9.53. The molecular formula is C28H42FN5. The van der Waals surface area contributed by atoms with Crippen LogP contribution in [0.2, 0.25) is 0 Å². The van der Waals surface area contributed by atoms with E-state index in [1.807, 2.05) is 63.7 Å². The van der Waals surface area contributed by atoms with Crippen LogP contribution in [0.4, 0.5) is 16.0 Å². The minimum absolute atomic E-state index is 0.313. The first-order valence-electron chi connectivity index (χ1n) is 12.7. The summed E-state index contributed by atoms with van der Waals surface area (Å²) in [5.41, 5.74) is 4.62. The first kappa shape index (κ1) is 27.5. The van der Waals surface area contributed by atoms with Crippen LogP contribution in [-0.2, 0) is 0 Å². The number of aryl methyl sites for hydroxylation is 1. The maximum absolute atomic E-state index is 14.6. The van der Waals surface area contributed by atoms with Crippen LogP contribution in [0.5, 0.6) is 0 Å². The number of benzene rings is 1. The topological polar surface area (TPSA) is 54.6 Å². The molecule has 1 fully saturated rings. The zero-order valence-electron chi connectivity index (χ0n) is 22.2. The van der Waals surface area contributed by atoms with Crippen molar-refractivity contribution in [2.24, 2.45) is 10.9 Å². The molecule has 3 aromatic rings. The maximum Gasteiger partial charge on any atom is 0.241 e. The van der Waals surface area contributed by atoms with Gasteiger partial charge in [-0.15, -0.1) is 5.10 Å². The fraction of sp³-hybridized carbons (Fsp3) is 0.536. The van der Waals surface area contributed by atoms with Crippen molar-refractivity contribution >= 4 is 22.9 Å². The van der Waals surface area contributed by atoms with Gasteiger partial charge in [-0.1, -0.05) is 53.9 Å². The van der Waals surface area contributed by atoms with Crippen LogP contribution in [0.15, 0.2) is 35.6 Å². The minimum atomic E-state index is -0.313. The van der Waals surface area contributed by atoms with Gasteiger partial charge in [0.25, 0.3) is 0 Å². The van der Waals surface area contributed by atoms with Gasteiger partial charge in [-0.25, -0.2) is 13.9 Å². The molecule has 0 radical (unpaired) electrons. The summed E-state index contributed by atoms with van der Waals surface area (Å²) < 4.78 is 16.4. The predicted octanol–water partition coefficient (Wildman–Crippen LogP) is 8.39. The molecule has 5 nitrogen and oxygen atoms in total. The standard InChI is InChI=1S/C22H26FN5.C4H10.C2H6/c1-14(2)25-21-15(3)11-16(12-19(21)23)18-9-10-28-20(18)13-24-22(27-28)26-17-7-5-4-6-8-17;1-4(2)3;1-2/h9-13,17H,4-8H2,1-3H3,(H,26,27);4H,1-3H3;1-2H3. The van der Waals surface area contributed by atoms with Gasteiger partial charge in [-0.3, -0.25) is 4.99 Å². The van der Waals surface area contributed by atoms with Crippen molar-refractivity contribution in [1.29, 1.82) is 0 Å². The van der Waals surface area contributed by atoms with Gasteiger partial charge in [-0.05, 0) is 68.9 Å². The molecule has 0 bridgehead atoms. The number of anilines is 1. The monoisotopic (exact) mass is 467 g/mol. The molecule has 2 aromatic heterocycles. The Morgan fingerprint density at radius 2 is 1.76 bits per heavy atom. The molecule has 2 heterocycles. The predicted molar refractivity (Wildman–Crippen MR) is 144 cm³/mol. The summed E-state index contributed by atoms with van der Waals surface area (Å²) in [7, 11) is 0. The molecule has 4 rings (SSSR count). The molecule has 34 heavy (non-hydrogen) atoms. The second-order valence-corrected chi connectivity index (χ2v) is 9.53. The summed E-state index contributed by atoms with van der Waals surface area (Å²) in [5.74, 6) is 1.17. The lowest BCUT2D eigenvalue weighted by Gasteiger charge is -2.22. The highest BCUT2D eigenvalue weighted by Gasteiger charge is 2.16. The number of hydrogen-bond acceptors (Lipinski definition) is 4. The van der Waals surface area contributed by atoms with Gasteiger partial charge in [0.1, 0.15) is 11.5 Å². The number of aromatic nitrogens is 3. The molecule has 0 atom stereocenters. The molecular weight excluding hydrogens is 425 g/mol. The van der Waals surface area contributed by atoms with Crippen molar-refractivity contribution in [3.63, 3.8) is 0 Å². The van der Waals surface area contributed by atoms with Crippen molar-refractivity contribution in [3.05, 3.63) is 42.0 Å². The van der Waals surface area contributed by atoms with E-state index >= 15 is 0 Å². The maximum atomic E-state index is 14.6. The molecule has 0 unspecified atom stereocenters. The summed E-state index contributed by atoms with van der Waals surface area (Å²) in [5, 5.41) is 8.04. The number of aliphatic imine (C=N–C) groups is 1.